The molecule has 1 aliphatic rings. The number of aryl methyl sites for hydroxylation is 2. The molecule has 2 aromatic rings. The Labute approximate surface area is 147 Å². The number of ether oxygens (including phenoxy) is 1. The molecule has 0 unspecified atom stereocenters. The third kappa shape index (κ3) is 3.31. The van der Waals surface area contributed by atoms with Gasteiger partial charge in [-0.1, -0.05) is 18.2 Å². The Morgan fingerprint density at radius 2 is 1.88 bits per heavy atom. The van der Waals surface area contributed by atoms with Crippen LogP contribution < -0.4 is 15.1 Å². The van der Waals surface area contributed by atoms with Gasteiger partial charge >= 0.3 is 6.09 Å². The molecule has 126 valence electrons. The van der Waals surface area contributed by atoms with Gasteiger partial charge in [-0.2, -0.15) is 0 Å². The van der Waals surface area contributed by atoms with Gasteiger partial charge in [-0.3, -0.25) is 4.79 Å². The fourth-order valence-corrected chi connectivity index (χ4v) is 2.71. The molecule has 1 saturated heterocycles. The summed E-state index contributed by atoms with van der Waals surface area (Å²) in [6.07, 6.45) is 1.78. The summed E-state index contributed by atoms with van der Waals surface area (Å²) < 4.78 is 7.33. The Kier molecular flexibility index (Phi) is 4.62. The minimum atomic E-state index is -0.538. The van der Waals surface area contributed by atoms with E-state index in [1.807, 2.05) is 32.0 Å². The molecule has 1 aromatic heterocycles. The molecule has 0 radical (unpaired) electrons. The summed E-state index contributed by atoms with van der Waals surface area (Å²) in [4.78, 5) is 30.6. The number of para-hydroxylation sites is 1. The van der Waals surface area contributed by atoms with Gasteiger partial charge in [0.05, 0.1) is 10.7 Å². The van der Waals surface area contributed by atoms with Gasteiger partial charge in [0.2, 0.25) is 0 Å². The first-order valence-corrected chi connectivity index (χ1v) is 8.38. The number of aromatic nitrogens is 1. The molecule has 24 heavy (non-hydrogen) atoms. The second-order valence-corrected chi connectivity index (χ2v) is 6.52. The highest BCUT2D eigenvalue weighted by atomic mass is 79.9. The van der Waals surface area contributed by atoms with E-state index in [1.54, 1.807) is 0 Å². The predicted octanol–water partition coefficient (Wildman–Crippen LogP) is 3.27. The monoisotopic (exact) mass is 392 g/mol. The highest BCUT2D eigenvalue weighted by Gasteiger charge is 2.23. The number of rotatable bonds is 3. The Morgan fingerprint density at radius 1 is 1.21 bits per heavy atom. The molecule has 1 aliphatic heterocycles. The molecule has 1 aromatic carbocycles. The molecule has 0 aliphatic carbocycles. The summed E-state index contributed by atoms with van der Waals surface area (Å²) in [6, 6.07) is 7.14. The quantitative estimate of drug-likeness (QED) is 0.803. The number of nitrogens with zero attached hydrogens (tertiary/aromatic N) is 2. The van der Waals surface area contributed by atoms with Crippen LogP contribution in [0.2, 0.25) is 0 Å². The van der Waals surface area contributed by atoms with E-state index >= 15 is 0 Å². The Morgan fingerprint density at radius 3 is 2.46 bits per heavy atom. The first kappa shape index (κ1) is 16.6. The number of likely N-dealkylation sites (tertiary alicyclic amines) is 1. The minimum absolute atomic E-state index is 0.392. The third-order valence-electron chi connectivity index (χ3n) is 3.85. The average molecular weight is 393 g/mol. The van der Waals surface area contributed by atoms with Gasteiger partial charge in [-0.15, -0.1) is 4.73 Å². The lowest BCUT2D eigenvalue weighted by atomic mass is 10.1. The summed E-state index contributed by atoms with van der Waals surface area (Å²) >= 11 is 3.32. The Balaban J connectivity index is 1.89. The largest absolute Gasteiger partial charge is 0.454 e. The number of pyridine rings is 1. The summed E-state index contributed by atoms with van der Waals surface area (Å²) in [6.45, 7) is 5.18. The normalized spacial score (nSPS) is 13.4. The topological polar surface area (TPSA) is 60.8 Å². The van der Waals surface area contributed by atoms with Gasteiger partial charge in [0.25, 0.3) is 5.56 Å². The van der Waals surface area contributed by atoms with Crippen molar-refractivity contribution in [2.45, 2.75) is 20.3 Å². The number of halogens is 1. The maximum atomic E-state index is 12.0. The molecule has 2 heterocycles. The van der Waals surface area contributed by atoms with Crippen LogP contribution in [0.4, 0.5) is 4.79 Å². The maximum absolute atomic E-state index is 12.0. The van der Waals surface area contributed by atoms with Crippen LogP contribution in [0.3, 0.4) is 0 Å². The third-order valence-corrected chi connectivity index (χ3v) is 4.47. The van der Waals surface area contributed by atoms with Crippen molar-refractivity contribution in [1.82, 2.24) is 9.63 Å². The van der Waals surface area contributed by atoms with E-state index in [1.165, 1.54) is 17.2 Å². The summed E-state index contributed by atoms with van der Waals surface area (Å²) in [7, 11) is 0. The van der Waals surface area contributed by atoms with E-state index in [4.69, 9.17) is 9.57 Å². The zero-order valence-corrected chi connectivity index (χ0v) is 15.0. The SMILES string of the molecule is Cc1cccc(C)c1Oc1cn(OC(=O)N2CCC2)c(=O)cc1Br. The Bertz CT molecular complexity index is 823. The summed E-state index contributed by atoms with van der Waals surface area (Å²) in [5.74, 6) is 1.10. The highest BCUT2D eigenvalue weighted by molar-refractivity contribution is 9.10. The first-order valence-electron chi connectivity index (χ1n) is 7.59. The Hall–Kier alpha value is -2.28. The zero-order chi connectivity index (χ0) is 17.3. The maximum Gasteiger partial charge on any atom is 0.434 e. The van der Waals surface area contributed by atoms with E-state index in [0.29, 0.717) is 29.1 Å². The molecule has 1 amide bonds. The van der Waals surface area contributed by atoms with Crippen molar-refractivity contribution in [3.63, 3.8) is 0 Å². The first-order chi connectivity index (χ1) is 11.5. The molecule has 0 bridgehead atoms. The smallest absolute Gasteiger partial charge is 0.434 e. The van der Waals surface area contributed by atoms with Crippen LogP contribution in [0.25, 0.3) is 0 Å². The number of carbonyl (C=O) groups excluding carboxylic acids is 1. The van der Waals surface area contributed by atoms with Gasteiger partial charge in [-0.05, 0) is 47.3 Å². The predicted molar refractivity (Wildman–Crippen MR) is 92.6 cm³/mol. The van der Waals surface area contributed by atoms with Crippen molar-refractivity contribution < 1.29 is 14.4 Å². The van der Waals surface area contributed by atoms with Crippen molar-refractivity contribution in [2.75, 3.05) is 13.1 Å². The number of hydrogen-bond acceptors (Lipinski definition) is 4. The van der Waals surface area contributed by atoms with Crippen LogP contribution >= 0.6 is 15.9 Å². The van der Waals surface area contributed by atoms with E-state index < -0.39 is 11.7 Å². The number of hydrogen-bond donors (Lipinski definition) is 0. The van der Waals surface area contributed by atoms with Gasteiger partial charge in [0.1, 0.15) is 5.75 Å². The van der Waals surface area contributed by atoms with Crippen molar-refractivity contribution in [3.8, 4) is 11.5 Å². The summed E-state index contributed by atoms with van der Waals surface area (Å²) in [5, 5.41) is 0. The van der Waals surface area contributed by atoms with Crippen molar-refractivity contribution >= 4 is 22.0 Å². The molecule has 0 saturated carbocycles. The minimum Gasteiger partial charge on any atom is -0.454 e. The lowest BCUT2D eigenvalue weighted by molar-refractivity contribution is 0.0688. The number of benzene rings is 1. The summed E-state index contributed by atoms with van der Waals surface area (Å²) in [5.41, 5.74) is 1.49. The van der Waals surface area contributed by atoms with Crippen molar-refractivity contribution in [3.05, 3.63) is 56.4 Å². The highest BCUT2D eigenvalue weighted by Crippen LogP contribution is 2.32. The molecule has 0 N–H and O–H groups in total. The molecule has 0 atom stereocenters. The lowest BCUT2D eigenvalue weighted by Crippen LogP contribution is -2.47. The second kappa shape index (κ2) is 6.68. The molecule has 7 heteroatoms. The molecule has 6 nitrogen and oxygen atoms in total. The van der Waals surface area contributed by atoms with Crippen LogP contribution in [0.15, 0.2) is 39.7 Å². The standard InChI is InChI=1S/C17H17BrN2O4/c1-11-5-3-6-12(2)16(11)23-14-10-20(15(21)9-13(14)18)24-17(22)19-7-4-8-19/h3,5-6,9-10H,4,7-8H2,1-2H3. The van der Waals surface area contributed by atoms with Crippen LogP contribution in [0, 0.1) is 13.8 Å². The molecule has 0 spiro atoms. The van der Waals surface area contributed by atoms with Crippen LogP contribution in [0.5, 0.6) is 11.5 Å². The molecule has 3 rings (SSSR count). The van der Waals surface area contributed by atoms with E-state index in [9.17, 15) is 9.59 Å². The fourth-order valence-electron chi connectivity index (χ4n) is 2.33. The molecule has 1 fully saturated rings. The average Bonchev–Trinajstić information content (AvgIpc) is 2.45. The fraction of sp³-hybridized carbons (Fsp3) is 0.294. The lowest BCUT2D eigenvalue weighted by Gasteiger charge is -2.29. The molecular weight excluding hydrogens is 376 g/mol. The van der Waals surface area contributed by atoms with E-state index in [0.717, 1.165) is 22.3 Å². The van der Waals surface area contributed by atoms with Crippen molar-refractivity contribution in [2.24, 2.45) is 0 Å². The number of amides is 1. The zero-order valence-electron chi connectivity index (χ0n) is 13.4. The van der Waals surface area contributed by atoms with E-state index in [2.05, 4.69) is 15.9 Å². The molecular formula is C17H17BrN2O4. The van der Waals surface area contributed by atoms with Gasteiger partial charge < -0.3 is 14.5 Å². The van der Waals surface area contributed by atoms with Crippen molar-refractivity contribution in [1.29, 1.82) is 0 Å². The van der Waals surface area contributed by atoms with Gasteiger partial charge in [0, 0.05) is 19.2 Å². The number of carbonyl (C=O) groups is 1. The van der Waals surface area contributed by atoms with Crippen LogP contribution in [-0.4, -0.2) is 28.8 Å². The van der Waals surface area contributed by atoms with E-state index in [-0.39, 0.29) is 0 Å². The second-order valence-electron chi connectivity index (χ2n) is 5.67. The van der Waals surface area contributed by atoms with Gasteiger partial charge in [0.15, 0.2) is 5.75 Å². The van der Waals surface area contributed by atoms with Crippen LogP contribution in [0.1, 0.15) is 17.5 Å². The van der Waals surface area contributed by atoms with Crippen LogP contribution in [-0.2, 0) is 0 Å². The van der Waals surface area contributed by atoms with Gasteiger partial charge in [-0.25, -0.2) is 4.79 Å².